The van der Waals surface area contributed by atoms with Crippen molar-refractivity contribution in [1.29, 1.82) is 0 Å². The molecule has 3 aromatic rings. The van der Waals surface area contributed by atoms with Gasteiger partial charge in [-0.3, -0.25) is 9.48 Å². The Morgan fingerprint density at radius 2 is 2.04 bits per heavy atom. The quantitative estimate of drug-likeness (QED) is 0.509. The number of benzene rings is 2. The number of carbonyl (C=O) groups excluding carboxylic acids is 1. The van der Waals surface area contributed by atoms with Crippen LogP contribution in [-0.4, -0.2) is 21.9 Å². The van der Waals surface area contributed by atoms with Gasteiger partial charge in [0.25, 0.3) is 5.91 Å². The van der Waals surface area contributed by atoms with Crippen molar-refractivity contribution in [3.8, 4) is 0 Å². The smallest absolute Gasteiger partial charge is 0.398 e. The number of rotatable bonds is 2. The Bertz CT molecular complexity index is 1090. The van der Waals surface area contributed by atoms with Gasteiger partial charge >= 0.3 is 6.18 Å². The molecular weight excluding hydrogens is 388 g/mol. The van der Waals surface area contributed by atoms with Crippen molar-refractivity contribution < 1.29 is 22.4 Å². The molecule has 0 bridgehead atoms. The minimum atomic E-state index is -4.48. The zero-order valence-electron chi connectivity index (χ0n) is 13.4. The van der Waals surface area contributed by atoms with Crippen molar-refractivity contribution in [3.05, 3.63) is 58.0 Å². The minimum Gasteiger partial charge on any atom is -0.398 e. The predicted molar refractivity (Wildman–Crippen MR) is 90.9 cm³/mol. The summed E-state index contributed by atoms with van der Waals surface area (Å²) < 4.78 is 52.6. The number of nitrogens with one attached hydrogen (secondary N) is 1. The van der Waals surface area contributed by atoms with Crippen LogP contribution in [0, 0.1) is 5.82 Å². The van der Waals surface area contributed by atoms with E-state index in [-0.39, 0.29) is 27.2 Å². The van der Waals surface area contributed by atoms with E-state index in [1.54, 1.807) is 0 Å². The molecule has 0 saturated carbocycles. The fourth-order valence-electron chi connectivity index (χ4n) is 3.35. The van der Waals surface area contributed by atoms with E-state index in [1.165, 1.54) is 30.5 Å². The number of nitrogens with two attached hydrogens (primary N) is 1. The lowest BCUT2D eigenvalue weighted by Crippen LogP contribution is -2.20. The number of anilines is 1. The van der Waals surface area contributed by atoms with E-state index < -0.39 is 30.5 Å². The van der Waals surface area contributed by atoms with Crippen LogP contribution in [0.1, 0.15) is 27.5 Å². The van der Waals surface area contributed by atoms with Crippen LogP contribution in [0.15, 0.2) is 30.5 Å². The highest BCUT2D eigenvalue weighted by Gasteiger charge is 2.36. The SMILES string of the molecule is Nc1cc2c(cnn2CC(F)(F)F)c2c1C(c1cc(F)ccc1Cl)NC2=O. The fourth-order valence-corrected chi connectivity index (χ4v) is 3.58. The first-order valence-corrected chi connectivity index (χ1v) is 8.14. The Balaban J connectivity index is 1.92. The van der Waals surface area contributed by atoms with Crippen LogP contribution in [0.25, 0.3) is 10.9 Å². The van der Waals surface area contributed by atoms with Crippen LogP contribution in [0.4, 0.5) is 23.2 Å². The molecule has 1 aliphatic heterocycles. The molecule has 10 heteroatoms. The normalized spacial score (nSPS) is 16.6. The molecule has 27 heavy (non-hydrogen) atoms. The van der Waals surface area contributed by atoms with E-state index >= 15 is 0 Å². The van der Waals surface area contributed by atoms with Gasteiger partial charge in [0.15, 0.2) is 0 Å². The second-order valence-corrected chi connectivity index (χ2v) is 6.58. The number of nitrogens with zero attached hydrogens (tertiary/aromatic N) is 2. The molecule has 1 unspecified atom stereocenters. The number of nitrogen functional groups attached to an aromatic ring is 1. The number of carbonyl (C=O) groups is 1. The fraction of sp³-hybridized carbons (Fsp3) is 0.176. The molecule has 0 fully saturated rings. The monoisotopic (exact) mass is 398 g/mol. The number of alkyl halides is 3. The van der Waals surface area contributed by atoms with E-state index in [4.69, 9.17) is 17.3 Å². The number of amides is 1. The van der Waals surface area contributed by atoms with Crippen LogP contribution >= 0.6 is 11.6 Å². The lowest BCUT2D eigenvalue weighted by molar-refractivity contribution is -0.141. The van der Waals surface area contributed by atoms with Crippen LogP contribution in [-0.2, 0) is 6.54 Å². The molecule has 0 aliphatic carbocycles. The first-order valence-electron chi connectivity index (χ1n) is 7.76. The Kier molecular flexibility index (Phi) is 3.81. The van der Waals surface area contributed by atoms with Gasteiger partial charge in [0, 0.05) is 27.2 Å². The summed E-state index contributed by atoms with van der Waals surface area (Å²) in [6.45, 7) is -1.31. The third kappa shape index (κ3) is 2.87. The van der Waals surface area contributed by atoms with Gasteiger partial charge in [-0.1, -0.05) is 11.6 Å². The van der Waals surface area contributed by atoms with Gasteiger partial charge < -0.3 is 11.1 Å². The van der Waals surface area contributed by atoms with Crippen LogP contribution in [0.5, 0.6) is 0 Å². The molecule has 1 aliphatic rings. The van der Waals surface area contributed by atoms with Gasteiger partial charge in [0.1, 0.15) is 12.4 Å². The predicted octanol–water partition coefficient (Wildman–Crippen LogP) is 3.81. The number of aromatic nitrogens is 2. The van der Waals surface area contributed by atoms with E-state index in [0.717, 1.165) is 4.68 Å². The largest absolute Gasteiger partial charge is 0.408 e. The van der Waals surface area contributed by atoms with Crippen LogP contribution in [0.2, 0.25) is 5.02 Å². The lowest BCUT2D eigenvalue weighted by atomic mass is 9.94. The van der Waals surface area contributed by atoms with Crippen molar-refractivity contribution in [2.45, 2.75) is 18.8 Å². The van der Waals surface area contributed by atoms with Crippen molar-refractivity contribution in [1.82, 2.24) is 15.1 Å². The van der Waals surface area contributed by atoms with Gasteiger partial charge in [-0.2, -0.15) is 18.3 Å². The van der Waals surface area contributed by atoms with Crippen molar-refractivity contribution >= 4 is 34.1 Å². The molecule has 0 saturated heterocycles. The molecule has 2 aromatic carbocycles. The van der Waals surface area contributed by atoms with Crippen molar-refractivity contribution in [2.75, 3.05) is 5.73 Å². The first-order chi connectivity index (χ1) is 12.7. The van der Waals surface area contributed by atoms with Crippen LogP contribution in [0.3, 0.4) is 0 Å². The highest BCUT2D eigenvalue weighted by molar-refractivity contribution is 6.31. The maximum Gasteiger partial charge on any atom is 0.408 e. The van der Waals surface area contributed by atoms with E-state index in [9.17, 15) is 22.4 Å². The van der Waals surface area contributed by atoms with Gasteiger partial charge in [0.05, 0.1) is 23.3 Å². The first kappa shape index (κ1) is 17.6. The van der Waals surface area contributed by atoms with E-state index in [0.29, 0.717) is 11.1 Å². The topological polar surface area (TPSA) is 72.9 Å². The summed E-state index contributed by atoms with van der Waals surface area (Å²) in [6.07, 6.45) is -3.29. The standard InChI is InChI=1S/C17H11ClF4N4O/c18-10-2-1-7(19)3-8(10)15-14-11(23)4-12-9(13(14)16(27)25-15)5-24-26(12)6-17(20,21)22/h1-5,15H,6,23H2,(H,25,27). The third-order valence-electron chi connectivity index (χ3n) is 4.41. The van der Waals surface area contributed by atoms with Gasteiger partial charge in [-0.05, 0) is 24.3 Å². The summed E-state index contributed by atoms with van der Waals surface area (Å²) in [7, 11) is 0. The van der Waals surface area contributed by atoms with Crippen molar-refractivity contribution in [3.63, 3.8) is 0 Å². The zero-order valence-corrected chi connectivity index (χ0v) is 14.2. The average Bonchev–Trinajstić information content (AvgIpc) is 3.10. The highest BCUT2D eigenvalue weighted by Crippen LogP contribution is 2.41. The van der Waals surface area contributed by atoms with Crippen molar-refractivity contribution in [2.24, 2.45) is 0 Å². The number of fused-ring (bicyclic) bond motifs is 3. The van der Waals surface area contributed by atoms with Gasteiger partial charge in [-0.15, -0.1) is 0 Å². The Labute approximate surface area is 154 Å². The van der Waals surface area contributed by atoms with E-state index in [1.807, 2.05) is 0 Å². The third-order valence-corrected chi connectivity index (χ3v) is 4.76. The maximum atomic E-state index is 13.7. The number of halogens is 5. The molecule has 1 aromatic heterocycles. The Morgan fingerprint density at radius 3 is 2.74 bits per heavy atom. The molecule has 3 N–H and O–H groups in total. The summed E-state index contributed by atoms with van der Waals surface area (Å²) in [4.78, 5) is 12.5. The number of hydrogen-bond acceptors (Lipinski definition) is 3. The van der Waals surface area contributed by atoms with Gasteiger partial charge in [0.2, 0.25) is 0 Å². The van der Waals surface area contributed by atoms with E-state index in [2.05, 4.69) is 10.4 Å². The molecule has 140 valence electrons. The second kappa shape index (κ2) is 5.85. The summed E-state index contributed by atoms with van der Waals surface area (Å²) >= 11 is 6.14. The minimum absolute atomic E-state index is 0.0877. The average molecular weight is 399 g/mol. The summed E-state index contributed by atoms with van der Waals surface area (Å²) in [5, 5.41) is 6.86. The highest BCUT2D eigenvalue weighted by atomic mass is 35.5. The van der Waals surface area contributed by atoms with Crippen LogP contribution < -0.4 is 11.1 Å². The van der Waals surface area contributed by atoms with Gasteiger partial charge in [-0.25, -0.2) is 4.39 Å². The summed E-state index contributed by atoms with van der Waals surface area (Å²) in [5.41, 5.74) is 6.99. The Hall–Kier alpha value is -2.81. The Morgan fingerprint density at radius 1 is 1.30 bits per heavy atom. The number of hydrogen-bond donors (Lipinski definition) is 2. The summed E-state index contributed by atoms with van der Waals surface area (Å²) in [6, 6.07) is 4.22. The molecule has 5 nitrogen and oxygen atoms in total. The zero-order chi connectivity index (χ0) is 19.5. The molecule has 4 rings (SSSR count). The maximum absolute atomic E-state index is 13.7. The molecule has 1 atom stereocenters. The molecule has 0 spiro atoms. The second-order valence-electron chi connectivity index (χ2n) is 6.18. The molecule has 1 amide bonds. The molecule has 0 radical (unpaired) electrons. The lowest BCUT2D eigenvalue weighted by Gasteiger charge is -2.16. The summed E-state index contributed by atoms with van der Waals surface area (Å²) in [5.74, 6) is -1.09. The molecular formula is C17H11ClF4N4O. The molecule has 2 heterocycles.